The number of fused-ring (bicyclic) bond motifs is 1. The smallest absolute Gasteiger partial charge is 0.410 e. The van der Waals surface area contributed by atoms with E-state index < -0.39 is 17.6 Å². The molecule has 0 radical (unpaired) electrons. The lowest BCUT2D eigenvalue weighted by molar-refractivity contribution is -0.0834. The largest absolute Gasteiger partial charge is 0.490 e. The number of aromatic nitrogens is 3. The zero-order chi connectivity index (χ0) is 31.9. The van der Waals surface area contributed by atoms with Gasteiger partial charge in [-0.1, -0.05) is 6.07 Å². The van der Waals surface area contributed by atoms with Gasteiger partial charge < -0.3 is 30.7 Å². The van der Waals surface area contributed by atoms with E-state index in [0.717, 1.165) is 36.8 Å². The average Bonchev–Trinajstić information content (AvgIpc) is 3.37. The molecule has 6 N–H and O–H groups in total. The number of benzene rings is 1. The third-order valence-electron chi connectivity index (χ3n) is 8.21. The van der Waals surface area contributed by atoms with Crippen LogP contribution in [0.3, 0.4) is 0 Å². The fourth-order valence-corrected chi connectivity index (χ4v) is 6.09. The molecule has 2 saturated carbocycles. The Kier molecular flexibility index (Phi) is 7.57. The lowest BCUT2D eigenvalue weighted by atomic mass is 9.53. The Morgan fingerprint density at radius 3 is 2.47 bits per heavy atom. The number of ether oxygens (including phenoxy) is 2. The van der Waals surface area contributed by atoms with Gasteiger partial charge in [-0.15, -0.1) is 0 Å². The molecule has 0 atom stereocenters. The fourth-order valence-electron chi connectivity index (χ4n) is 6.09. The SMILES string of the molecule is CC(C)(O)COc1ccc2c(C(=O)NC3CC4(C3)CC(Oc3cc(-c5ccc(NC(=O)O)nc5)ccc3C(N)=O)C4)cnn2c1. The molecular weight excluding hydrogens is 580 g/mol. The number of carbonyl (C=O) groups excluding carboxylic acids is 2. The van der Waals surface area contributed by atoms with Gasteiger partial charge in [0.25, 0.3) is 11.8 Å². The number of hydrogen-bond donors (Lipinski definition) is 5. The molecule has 0 aliphatic heterocycles. The second-order valence-electron chi connectivity index (χ2n) is 12.5. The molecule has 3 amide bonds. The first-order valence-electron chi connectivity index (χ1n) is 14.6. The summed E-state index contributed by atoms with van der Waals surface area (Å²) in [7, 11) is 0. The highest BCUT2D eigenvalue weighted by Gasteiger charge is 2.54. The Bertz CT molecular complexity index is 1770. The van der Waals surface area contributed by atoms with Gasteiger partial charge in [0.1, 0.15) is 23.9 Å². The van der Waals surface area contributed by atoms with E-state index in [4.69, 9.17) is 20.3 Å². The minimum atomic E-state index is -1.20. The number of carbonyl (C=O) groups is 3. The molecule has 45 heavy (non-hydrogen) atoms. The van der Waals surface area contributed by atoms with Gasteiger partial charge in [0.15, 0.2) is 0 Å². The maximum Gasteiger partial charge on any atom is 0.410 e. The molecule has 13 nitrogen and oxygen atoms in total. The monoisotopic (exact) mass is 614 g/mol. The minimum Gasteiger partial charge on any atom is -0.490 e. The summed E-state index contributed by atoms with van der Waals surface area (Å²) >= 11 is 0. The average molecular weight is 615 g/mol. The third kappa shape index (κ3) is 6.53. The highest BCUT2D eigenvalue weighted by atomic mass is 16.5. The predicted octanol–water partition coefficient (Wildman–Crippen LogP) is 3.85. The number of pyridine rings is 2. The lowest BCUT2D eigenvalue weighted by Crippen LogP contribution is -2.58. The molecule has 0 saturated heterocycles. The van der Waals surface area contributed by atoms with Crippen LogP contribution in [0.4, 0.5) is 10.6 Å². The van der Waals surface area contributed by atoms with Gasteiger partial charge >= 0.3 is 6.09 Å². The highest BCUT2D eigenvalue weighted by molar-refractivity contribution is 6.01. The van der Waals surface area contributed by atoms with Crippen molar-refractivity contribution in [2.75, 3.05) is 11.9 Å². The number of nitrogens with one attached hydrogen (secondary N) is 2. The molecule has 2 aliphatic carbocycles. The highest BCUT2D eigenvalue weighted by Crippen LogP contribution is 2.57. The van der Waals surface area contributed by atoms with Crippen LogP contribution in [0.15, 0.2) is 61.1 Å². The van der Waals surface area contributed by atoms with Crippen LogP contribution in [0.25, 0.3) is 16.6 Å². The molecule has 0 bridgehead atoms. The first kappa shape index (κ1) is 29.9. The van der Waals surface area contributed by atoms with E-state index in [0.29, 0.717) is 22.6 Å². The summed E-state index contributed by atoms with van der Waals surface area (Å²) in [6.45, 7) is 3.45. The Labute approximate surface area is 258 Å². The Hall–Kier alpha value is -5.17. The second-order valence-corrected chi connectivity index (χ2v) is 12.5. The van der Waals surface area contributed by atoms with Crippen molar-refractivity contribution in [3.8, 4) is 22.6 Å². The van der Waals surface area contributed by atoms with Crippen LogP contribution < -0.4 is 25.8 Å². The van der Waals surface area contributed by atoms with Crippen molar-refractivity contribution in [1.82, 2.24) is 19.9 Å². The van der Waals surface area contributed by atoms with Crippen molar-refractivity contribution in [3.05, 3.63) is 72.2 Å². The number of hydrogen-bond acceptors (Lipinski definition) is 8. The molecule has 3 heterocycles. The maximum atomic E-state index is 13.1. The molecule has 3 aromatic heterocycles. The number of rotatable bonds is 10. The number of aliphatic hydroxyl groups is 1. The number of nitrogens with two attached hydrogens (primary N) is 1. The molecule has 1 aromatic carbocycles. The van der Waals surface area contributed by atoms with E-state index in [1.165, 1.54) is 12.4 Å². The van der Waals surface area contributed by atoms with Crippen LogP contribution in [-0.4, -0.2) is 67.1 Å². The van der Waals surface area contributed by atoms with E-state index in [1.807, 2.05) is 0 Å². The summed E-state index contributed by atoms with van der Waals surface area (Å²) in [5.74, 6) is 0.345. The van der Waals surface area contributed by atoms with Crippen molar-refractivity contribution in [1.29, 1.82) is 0 Å². The van der Waals surface area contributed by atoms with Crippen LogP contribution in [-0.2, 0) is 0 Å². The van der Waals surface area contributed by atoms with Crippen molar-refractivity contribution in [2.45, 2.75) is 57.3 Å². The van der Waals surface area contributed by atoms with Crippen LogP contribution in [0.1, 0.15) is 60.2 Å². The summed E-state index contributed by atoms with van der Waals surface area (Å²) in [4.78, 5) is 40.1. The Balaban J connectivity index is 1.03. The number of anilines is 1. The van der Waals surface area contributed by atoms with Gasteiger partial charge in [-0.3, -0.25) is 14.9 Å². The standard InChI is InChI=1S/C32H34N6O7/c1-31(2,43)17-44-21-5-7-25-24(15-35-38(25)16-21)29(40)36-20-10-32(11-20)12-22(13-32)45-26-9-18(3-6-23(26)28(33)39)19-4-8-27(34-14-19)37-30(41)42/h3-9,14-16,20,22,43H,10-13,17H2,1-2H3,(H2,33,39)(H,34,37)(H,36,40)(H,41,42). The summed E-state index contributed by atoms with van der Waals surface area (Å²) < 4.78 is 13.5. The topological polar surface area (TPSA) is 190 Å². The Morgan fingerprint density at radius 2 is 1.80 bits per heavy atom. The molecule has 1 spiro atoms. The molecule has 0 unspecified atom stereocenters. The number of carboxylic acid groups (broad SMARTS) is 1. The maximum absolute atomic E-state index is 13.1. The Morgan fingerprint density at radius 1 is 1.04 bits per heavy atom. The van der Waals surface area contributed by atoms with Crippen LogP contribution in [0, 0.1) is 5.41 Å². The summed E-state index contributed by atoms with van der Waals surface area (Å²) in [5.41, 5.74) is 7.61. The normalized spacial score (nSPS) is 20.6. The van der Waals surface area contributed by atoms with Gasteiger partial charge in [-0.2, -0.15) is 5.10 Å². The van der Waals surface area contributed by atoms with Gasteiger partial charge in [0, 0.05) is 17.8 Å². The molecular formula is C32H34N6O7. The summed E-state index contributed by atoms with van der Waals surface area (Å²) in [5, 5.41) is 28.4. The predicted molar refractivity (Wildman–Crippen MR) is 163 cm³/mol. The molecule has 2 fully saturated rings. The quantitative estimate of drug-likeness (QED) is 0.177. The third-order valence-corrected chi connectivity index (χ3v) is 8.21. The molecule has 234 valence electrons. The van der Waals surface area contributed by atoms with E-state index in [2.05, 4.69) is 20.7 Å². The van der Waals surface area contributed by atoms with E-state index in [9.17, 15) is 19.5 Å². The van der Waals surface area contributed by atoms with Crippen molar-refractivity contribution >= 4 is 29.2 Å². The lowest BCUT2D eigenvalue weighted by Gasteiger charge is -2.57. The van der Waals surface area contributed by atoms with Crippen molar-refractivity contribution in [3.63, 3.8) is 0 Å². The zero-order valence-corrected chi connectivity index (χ0v) is 24.8. The van der Waals surface area contributed by atoms with Gasteiger partial charge in [0.2, 0.25) is 0 Å². The first-order valence-corrected chi connectivity index (χ1v) is 14.6. The second kappa shape index (κ2) is 11.4. The molecule has 4 aromatic rings. The number of nitrogens with zero attached hydrogens (tertiary/aromatic N) is 3. The van der Waals surface area contributed by atoms with Crippen LogP contribution >= 0.6 is 0 Å². The number of amides is 3. The first-order chi connectivity index (χ1) is 21.4. The van der Waals surface area contributed by atoms with Crippen molar-refractivity contribution < 1.29 is 34.1 Å². The van der Waals surface area contributed by atoms with Crippen molar-refractivity contribution in [2.24, 2.45) is 11.1 Å². The molecule has 2 aliphatic rings. The van der Waals surface area contributed by atoms with Crippen LogP contribution in [0.5, 0.6) is 11.5 Å². The van der Waals surface area contributed by atoms with Gasteiger partial charge in [-0.25, -0.2) is 14.3 Å². The number of primary amides is 1. The molecule has 6 rings (SSSR count). The van der Waals surface area contributed by atoms with Gasteiger partial charge in [-0.05, 0) is 86.9 Å². The molecule has 13 heteroatoms. The van der Waals surface area contributed by atoms with E-state index in [-0.39, 0.29) is 41.5 Å². The minimum absolute atomic E-state index is 0.0402. The van der Waals surface area contributed by atoms with Crippen LogP contribution in [0.2, 0.25) is 0 Å². The van der Waals surface area contributed by atoms with E-state index in [1.54, 1.807) is 67.0 Å². The van der Waals surface area contributed by atoms with E-state index >= 15 is 0 Å². The summed E-state index contributed by atoms with van der Waals surface area (Å²) in [6.07, 6.45) is 6.70. The zero-order valence-electron chi connectivity index (χ0n) is 24.8. The van der Waals surface area contributed by atoms with Gasteiger partial charge in [0.05, 0.1) is 40.7 Å². The summed E-state index contributed by atoms with van der Waals surface area (Å²) in [6, 6.07) is 11.9. The fraction of sp³-hybridized carbons (Fsp3) is 0.344.